The quantitative estimate of drug-likeness (QED) is 0.454. The van der Waals surface area contributed by atoms with Crippen molar-refractivity contribution < 1.29 is 18.0 Å². The number of halogens is 5. The van der Waals surface area contributed by atoms with Crippen LogP contribution in [0.5, 0.6) is 0 Å². The van der Waals surface area contributed by atoms with E-state index < -0.39 is 23.3 Å². The number of carbonyl (C=O) groups is 1. The van der Waals surface area contributed by atoms with Crippen LogP contribution in [0.25, 0.3) is 11.6 Å². The monoisotopic (exact) mass is 483 g/mol. The number of rotatable bonds is 4. The number of alkyl halides is 3. The van der Waals surface area contributed by atoms with Gasteiger partial charge in [-0.05, 0) is 18.2 Å². The van der Waals surface area contributed by atoms with Crippen molar-refractivity contribution in [3.05, 3.63) is 64.3 Å². The number of nitrogens with one attached hydrogen (secondary N) is 1. The molecule has 0 aliphatic carbocycles. The van der Waals surface area contributed by atoms with E-state index in [0.717, 1.165) is 11.0 Å². The molecule has 0 atom stereocenters. The van der Waals surface area contributed by atoms with Gasteiger partial charge in [-0.1, -0.05) is 23.2 Å². The average Bonchev–Trinajstić information content (AvgIpc) is 3.40. The van der Waals surface area contributed by atoms with Crippen molar-refractivity contribution in [2.24, 2.45) is 0 Å². The van der Waals surface area contributed by atoms with Gasteiger partial charge < -0.3 is 11.1 Å². The minimum atomic E-state index is -4.94. The molecule has 0 radical (unpaired) electrons. The Bertz CT molecular complexity index is 1310. The molecule has 3 N–H and O–H groups in total. The summed E-state index contributed by atoms with van der Waals surface area (Å²) in [5.41, 5.74) is 3.52. The third-order valence-corrected chi connectivity index (χ3v) is 4.64. The van der Waals surface area contributed by atoms with Crippen LogP contribution in [-0.4, -0.2) is 40.6 Å². The van der Waals surface area contributed by atoms with Gasteiger partial charge in [0.2, 0.25) is 0 Å². The second-order valence-corrected chi connectivity index (χ2v) is 6.97. The number of anilines is 2. The summed E-state index contributed by atoms with van der Waals surface area (Å²) in [6, 6.07) is 3.75. The van der Waals surface area contributed by atoms with Crippen LogP contribution in [-0.2, 0) is 6.18 Å². The molecule has 4 heterocycles. The van der Waals surface area contributed by atoms with E-state index in [1.807, 2.05) is 0 Å². The Balaban J connectivity index is 1.68. The molecular formula is C17H10Cl2F3N9O. The number of nitrogen functional groups attached to an aromatic ring is 1. The fourth-order valence-electron chi connectivity index (χ4n) is 2.70. The summed E-state index contributed by atoms with van der Waals surface area (Å²) in [4.78, 5) is 21.6. The second-order valence-electron chi connectivity index (χ2n) is 6.15. The topological polar surface area (TPSA) is 129 Å². The Labute approximate surface area is 186 Å². The van der Waals surface area contributed by atoms with Crippen LogP contribution in [0.15, 0.2) is 43.0 Å². The summed E-state index contributed by atoms with van der Waals surface area (Å²) in [6.07, 6.45) is -0.158. The lowest BCUT2D eigenvalue weighted by Gasteiger charge is -2.13. The van der Waals surface area contributed by atoms with Crippen molar-refractivity contribution in [2.45, 2.75) is 6.18 Å². The Hall–Kier alpha value is -3.71. The molecule has 0 aromatic carbocycles. The van der Waals surface area contributed by atoms with Crippen LogP contribution in [0, 0.1) is 0 Å². The van der Waals surface area contributed by atoms with Crippen molar-refractivity contribution in [2.75, 3.05) is 11.1 Å². The van der Waals surface area contributed by atoms with E-state index >= 15 is 0 Å². The third kappa shape index (κ3) is 4.07. The number of nitrogens with two attached hydrogens (primary N) is 1. The molecule has 1 amide bonds. The van der Waals surface area contributed by atoms with Crippen LogP contribution < -0.4 is 11.1 Å². The third-order valence-electron chi connectivity index (χ3n) is 4.05. The molecule has 0 saturated carbocycles. The van der Waals surface area contributed by atoms with E-state index in [9.17, 15) is 18.0 Å². The van der Waals surface area contributed by atoms with Gasteiger partial charge in [-0.2, -0.15) is 28.5 Å². The molecule has 4 aromatic heterocycles. The number of hydrogen-bond donors (Lipinski definition) is 2. The molecule has 164 valence electrons. The average molecular weight is 484 g/mol. The molecule has 0 aliphatic rings. The minimum Gasteiger partial charge on any atom is -0.382 e. The first-order valence-corrected chi connectivity index (χ1v) is 9.32. The summed E-state index contributed by atoms with van der Waals surface area (Å²) in [5.74, 6) is -1.37. The normalized spacial score (nSPS) is 11.5. The zero-order valence-electron chi connectivity index (χ0n) is 15.5. The van der Waals surface area contributed by atoms with Gasteiger partial charge in [0, 0.05) is 0 Å². The van der Waals surface area contributed by atoms with E-state index in [0.29, 0.717) is 4.68 Å². The van der Waals surface area contributed by atoms with Crippen molar-refractivity contribution in [3.8, 4) is 11.6 Å². The van der Waals surface area contributed by atoms with Crippen LogP contribution in [0.1, 0.15) is 16.1 Å². The number of pyridine rings is 2. The lowest BCUT2D eigenvalue weighted by molar-refractivity contribution is -0.143. The summed E-state index contributed by atoms with van der Waals surface area (Å²) in [7, 11) is 0. The molecule has 32 heavy (non-hydrogen) atoms. The lowest BCUT2D eigenvalue weighted by Crippen LogP contribution is -2.21. The molecular weight excluding hydrogens is 474 g/mol. The molecule has 0 unspecified atom stereocenters. The molecule has 0 aliphatic heterocycles. The molecule has 0 fully saturated rings. The highest BCUT2D eigenvalue weighted by atomic mass is 35.5. The van der Waals surface area contributed by atoms with Gasteiger partial charge in [0.15, 0.2) is 17.3 Å². The van der Waals surface area contributed by atoms with Gasteiger partial charge in [0.25, 0.3) is 5.91 Å². The highest BCUT2D eigenvalue weighted by Crippen LogP contribution is 2.34. The van der Waals surface area contributed by atoms with Gasteiger partial charge in [-0.15, -0.1) is 4.80 Å². The van der Waals surface area contributed by atoms with Crippen molar-refractivity contribution >= 4 is 40.6 Å². The number of amides is 1. The highest BCUT2D eigenvalue weighted by molar-refractivity contribution is 6.33. The Kier molecular flexibility index (Phi) is 5.44. The molecule has 15 heteroatoms. The van der Waals surface area contributed by atoms with Crippen molar-refractivity contribution in [1.82, 2.24) is 34.7 Å². The van der Waals surface area contributed by atoms with Crippen LogP contribution in [0.2, 0.25) is 10.0 Å². The SMILES string of the molecule is Nc1nc(-n2ncc(C(=O)Nc3cnc(-n4nccn4)c(Cl)c3)c2C(F)(F)F)ccc1Cl. The largest absolute Gasteiger partial charge is 0.434 e. The lowest BCUT2D eigenvalue weighted by atomic mass is 10.2. The Morgan fingerprint density at radius 1 is 1.06 bits per heavy atom. The minimum absolute atomic E-state index is 0.0469. The summed E-state index contributed by atoms with van der Waals surface area (Å²) in [6.45, 7) is 0. The van der Waals surface area contributed by atoms with Crippen LogP contribution >= 0.6 is 23.2 Å². The number of carbonyl (C=O) groups excluding carboxylic acids is 1. The Morgan fingerprint density at radius 2 is 1.78 bits per heavy atom. The summed E-state index contributed by atoms with van der Waals surface area (Å²) < 4.78 is 41.9. The van der Waals surface area contributed by atoms with E-state index in [4.69, 9.17) is 28.9 Å². The van der Waals surface area contributed by atoms with E-state index in [-0.39, 0.29) is 33.2 Å². The molecule has 0 bridgehead atoms. The smallest absolute Gasteiger partial charge is 0.382 e. The van der Waals surface area contributed by atoms with E-state index in [1.165, 1.54) is 36.8 Å². The number of nitrogens with zero attached hydrogens (tertiary/aromatic N) is 7. The van der Waals surface area contributed by atoms with Crippen LogP contribution in [0.4, 0.5) is 24.7 Å². The molecule has 4 rings (SSSR count). The first-order valence-electron chi connectivity index (χ1n) is 8.56. The predicted octanol–water partition coefficient (Wildman–Crippen LogP) is 3.40. The zero-order valence-corrected chi connectivity index (χ0v) is 17.1. The number of aromatic nitrogens is 7. The number of hydrogen-bond acceptors (Lipinski definition) is 7. The van der Waals surface area contributed by atoms with Crippen LogP contribution in [0.3, 0.4) is 0 Å². The van der Waals surface area contributed by atoms with Gasteiger partial charge >= 0.3 is 6.18 Å². The first kappa shape index (κ1) is 21.5. The molecule has 0 spiro atoms. The first-order chi connectivity index (χ1) is 15.1. The van der Waals surface area contributed by atoms with Gasteiger partial charge in [-0.25, -0.2) is 14.6 Å². The molecule has 4 aromatic rings. The van der Waals surface area contributed by atoms with Gasteiger partial charge in [0.05, 0.1) is 46.1 Å². The van der Waals surface area contributed by atoms with Crippen molar-refractivity contribution in [1.29, 1.82) is 0 Å². The predicted molar refractivity (Wildman–Crippen MR) is 108 cm³/mol. The summed E-state index contributed by atoms with van der Waals surface area (Å²) in [5, 5.41) is 13.9. The van der Waals surface area contributed by atoms with Gasteiger partial charge in [0.1, 0.15) is 5.82 Å². The summed E-state index contributed by atoms with van der Waals surface area (Å²) >= 11 is 11.9. The second kappa shape index (κ2) is 8.09. The molecule has 10 nitrogen and oxygen atoms in total. The van der Waals surface area contributed by atoms with Crippen molar-refractivity contribution in [3.63, 3.8) is 0 Å². The standard InChI is InChI=1S/C17H10Cl2F3N9O/c18-10-1-2-12(29-14(10)23)30-13(17(20,21)22)9(7-27-30)16(32)28-8-5-11(19)15(24-6-8)31-25-3-4-26-31/h1-7H,(H2,23,29)(H,28,32). The van der Waals surface area contributed by atoms with Gasteiger partial charge in [-0.3, -0.25) is 4.79 Å². The maximum atomic E-state index is 13.8. The van der Waals surface area contributed by atoms with E-state index in [1.54, 1.807) is 0 Å². The zero-order chi connectivity index (χ0) is 23.0. The highest BCUT2D eigenvalue weighted by Gasteiger charge is 2.41. The Morgan fingerprint density at radius 3 is 2.41 bits per heavy atom. The fraction of sp³-hybridized carbons (Fsp3) is 0.0588. The maximum Gasteiger partial charge on any atom is 0.434 e. The fourth-order valence-corrected chi connectivity index (χ4v) is 3.04. The maximum absolute atomic E-state index is 13.8. The van der Waals surface area contributed by atoms with E-state index in [2.05, 4.69) is 30.6 Å². The molecule has 0 saturated heterocycles.